The van der Waals surface area contributed by atoms with Crippen molar-refractivity contribution >= 4 is 28.3 Å². The Hall–Kier alpha value is -3.06. The molecule has 1 aliphatic heterocycles. The highest BCUT2D eigenvalue weighted by Gasteiger charge is 2.42. The summed E-state index contributed by atoms with van der Waals surface area (Å²) in [4.78, 5) is 30.2. The van der Waals surface area contributed by atoms with Crippen LogP contribution in [-0.4, -0.2) is 22.5 Å². The van der Waals surface area contributed by atoms with E-state index >= 15 is 0 Å². The van der Waals surface area contributed by atoms with Gasteiger partial charge in [-0.1, -0.05) is 30.3 Å². The Morgan fingerprint density at radius 3 is 2.79 bits per heavy atom. The number of fused-ring (bicyclic) bond motifs is 1. The van der Waals surface area contributed by atoms with Gasteiger partial charge in [0.05, 0.1) is 5.56 Å². The average molecular weight is 396 g/mol. The van der Waals surface area contributed by atoms with Gasteiger partial charge in [0.25, 0.3) is 5.91 Å². The number of benzene rings is 2. The van der Waals surface area contributed by atoms with Crippen molar-refractivity contribution in [2.75, 3.05) is 5.32 Å². The third-order valence-electron chi connectivity index (χ3n) is 4.63. The van der Waals surface area contributed by atoms with Crippen LogP contribution < -0.4 is 5.32 Å². The monoisotopic (exact) mass is 396 g/mol. The first-order chi connectivity index (χ1) is 13.4. The molecule has 0 aliphatic carbocycles. The molecule has 0 radical (unpaired) electrons. The number of nitrogens with zero attached hydrogens (tertiary/aromatic N) is 1. The number of esters is 1. The summed E-state index contributed by atoms with van der Waals surface area (Å²) in [6, 6.07) is 13.4. The first-order valence-electron chi connectivity index (χ1n) is 8.75. The molecule has 1 unspecified atom stereocenters. The van der Waals surface area contributed by atoms with Gasteiger partial charge in [-0.3, -0.25) is 10.1 Å². The van der Waals surface area contributed by atoms with Crippen molar-refractivity contribution in [1.82, 2.24) is 4.98 Å². The summed E-state index contributed by atoms with van der Waals surface area (Å²) < 4.78 is 18.5. The van der Waals surface area contributed by atoms with Gasteiger partial charge in [0, 0.05) is 23.9 Å². The Kier molecular flexibility index (Phi) is 4.68. The Morgan fingerprint density at radius 1 is 1.25 bits per heavy atom. The summed E-state index contributed by atoms with van der Waals surface area (Å²) >= 11 is 1.33. The summed E-state index contributed by atoms with van der Waals surface area (Å²) in [5.74, 6) is -1.20. The molecule has 1 amide bonds. The number of halogens is 1. The maximum atomic E-state index is 13.0. The number of anilines is 1. The van der Waals surface area contributed by atoms with E-state index in [4.69, 9.17) is 4.74 Å². The third kappa shape index (κ3) is 3.66. The number of hydrogen-bond donors (Lipinski definition) is 1. The number of aromatic nitrogens is 1. The van der Waals surface area contributed by atoms with Crippen molar-refractivity contribution in [3.63, 3.8) is 0 Å². The Morgan fingerprint density at radius 2 is 2.00 bits per heavy atom. The summed E-state index contributed by atoms with van der Waals surface area (Å²) in [7, 11) is 0. The smallest absolute Gasteiger partial charge is 0.339 e. The van der Waals surface area contributed by atoms with Gasteiger partial charge in [0.2, 0.25) is 0 Å². The molecule has 4 rings (SSSR count). The number of hydrogen-bond acceptors (Lipinski definition) is 5. The van der Waals surface area contributed by atoms with E-state index in [0.29, 0.717) is 23.5 Å². The molecule has 0 fully saturated rings. The highest BCUT2D eigenvalue weighted by Crippen LogP contribution is 2.30. The topological polar surface area (TPSA) is 68.3 Å². The highest BCUT2D eigenvalue weighted by atomic mass is 32.1. The zero-order chi connectivity index (χ0) is 19.7. The molecular formula is C21H17FN2O3S. The number of ether oxygens (including phenoxy) is 1. The fraction of sp³-hybridized carbons (Fsp3) is 0.190. The fourth-order valence-electron chi connectivity index (χ4n) is 3.14. The number of rotatable bonds is 4. The van der Waals surface area contributed by atoms with Gasteiger partial charge >= 0.3 is 5.97 Å². The Balaban J connectivity index is 1.46. The third-order valence-corrected chi connectivity index (χ3v) is 5.54. The molecule has 0 spiro atoms. The molecule has 1 N–H and O–H groups in total. The fourth-order valence-corrected chi connectivity index (χ4v) is 3.98. The maximum absolute atomic E-state index is 13.0. The second-order valence-corrected chi connectivity index (χ2v) is 7.96. The minimum atomic E-state index is -1.30. The highest BCUT2D eigenvalue weighted by molar-refractivity contribution is 7.15. The Labute approximate surface area is 165 Å². The predicted molar refractivity (Wildman–Crippen MR) is 104 cm³/mol. The van der Waals surface area contributed by atoms with Crippen LogP contribution in [0.2, 0.25) is 0 Å². The molecule has 0 bridgehead atoms. The molecule has 3 aromatic rings. The number of carbonyl (C=O) groups excluding carboxylic acids is 2. The van der Waals surface area contributed by atoms with Gasteiger partial charge in [-0.15, -0.1) is 11.3 Å². The molecule has 0 saturated heterocycles. The quantitative estimate of drug-likeness (QED) is 0.678. The Bertz CT molecular complexity index is 1050. The van der Waals surface area contributed by atoms with Crippen LogP contribution in [0.3, 0.4) is 0 Å². The summed E-state index contributed by atoms with van der Waals surface area (Å²) in [5.41, 5.74) is 0.928. The zero-order valence-corrected chi connectivity index (χ0v) is 15.9. The molecule has 5 nitrogen and oxygen atoms in total. The SMILES string of the molecule is CC1(C(=O)Nc2ncc(Cc3ccc(F)cc3)s2)Cc2ccccc2C(=O)O1. The van der Waals surface area contributed by atoms with Gasteiger partial charge in [-0.05, 0) is 36.2 Å². The standard InChI is InChI=1S/C21H17FN2O3S/c1-21(11-14-4-2-3-5-17(14)18(25)27-21)19(26)24-20-23-12-16(28-20)10-13-6-8-15(22)9-7-13/h2-9,12H,10-11H2,1H3,(H,23,24,26). The van der Waals surface area contributed by atoms with Crippen molar-refractivity contribution in [2.24, 2.45) is 0 Å². The van der Waals surface area contributed by atoms with Crippen molar-refractivity contribution < 1.29 is 18.7 Å². The largest absolute Gasteiger partial charge is 0.445 e. The number of nitrogens with one attached hydrogen (secondary N) is 1. The maximum Gasteiger partial charge on any atom is 0.339 e. The minimum Gasteiger partial charge on any atom is -0.445 e. The molecule has 7 heteroatoms. The van der Waals surface area contributed by atoms with E-state index in [0.717, 1.165) is 16.0 Å². The summed E-state index contributed by atoms with van der Waals surface area (Å²) in [6.45, 7) is 1.60. The molecule has 1 aliphatic rings. The lowest BCUT2D eigenvalue weighted by atomic mass is 9.89. The predicted octanol–water partition coefficient (Wildman–Crippen LogP) is 3.98. The van der Waals surface area contributed by atoms with Crippen LogP contribution in [0.1, 0.15) is 33.3 Å². The normalized spacial score (nSPS) is 18.3. The average Bonchev–Trinajstić information content (AvgIpc) is 3.10. The van der Waals surface area contributed by atoms with Crippen molar-refractivity contribution in [1.29, 1.82) is 0 Å². The van der Waals surface area contributed by atoms with Gasteiger partial charge in [-0.2, -0.15) is 0 Å². The van der Waals surface area contributed by atoms with E-state index in [1.54, 1.807) is 37.4 Å². The van der Waals surface area contributed by atoms with Crippen LogP contribution in [0, 0.1) is 5.82 Å². The van der Waals surface area contributed by atoms with Crippen LogP contribution in [-0.2, 0) is 22.4 Å². The lowest BCUT2D eigenvalue weighted by molar-refractivity contribution is -0.134. The lowest BCUT2D eigenvalue weighted by Gasteiger charge is -2.32. The van der Waals surface area contributed by atoms with Crippen LogP contribution in [0.5, 0.6) is 0 Å². The minimum absolute atomic E-state index is 0.280. The molecule has 142 valence electrons. The van der Waals surface area contributed by atoms with Gasteiger partial charge in [0.1, 0.15) is 5.82 Å². The second kappa shape index (κ2) is 7.16. The van der Waals surface area contributed by atoms with E-state index in [2.05, 4.69) is 10.3 Å². The van der Waals surface area contributed by atoms with Gasteiger partial charge in [-0.25, -0.2) is 14.2 Å². The second-order valence-electron chi connectivity index (χ2n) is 6.84. The van der Waals surface area contributed by atoms with E-state index in [1.807, 2.05) is 12.1 Å². The summed E-state index contributed by atoms with van der Waals surface area (Å²) in [5, 5.41) is 3.18. The van der Waals surface area contributed by atoms with E-state index < -0.39 is 17.5 Å². The first kappa shape index (κ1) is 18.3. The van der Waals surface area contributed by atoms with Crippen LogP contribution >= 0.6 is 11.3 Å². The van der Waals surface area contributed by atoms with E-state index in [9.17, 15) is 14.0 Å². The van der Waals surface area contributed by atoms with Crippen LogP contribution in [0.25, 0.3) is 0 Å². The molecular weight excluding hydrogens is 379 g/mol. The number of amides is 1. The summed E-state index contributed by atoms with van der Waals surface area (Å²) in [6.07, 6.45) is 2.57. The molecule has 0 saturated carbocycles. The number of cyclic esters (lactones) is 1. The lowest BCUT2D eigenvalue weighted by Crippen LogP contribution is -2.48. The van der Waals surface area contributed by atoms with Gasteiger partial charge in [0.15, 0.2) is 10.7 Å². The first-order valence-corrected chi connectivity index (χ1v) is 9.56. The zero-order valence-electron chi connectivity index (χ0n) is 15.1. The number of carbonyl (C=O) groups is 2. The van der Waals surface area contributed by atoms with Crippen LogP contribution in [0.15, 0.2) is 54.7 Å². The molecule has 1 aromatic heterocycles. The van der Waals surface area contributed by atoms with Gasteiger partial charge < -0.3 is 4.74 Å². The van der Waals surface area contributed by atoms with Crippen molar-refractivity contribution in [3.05, 3.63) is 82.1 Å². The van der Waals surface area contributed by atoms with Crippen LogP contribution in [0.4, 0.5) is 9.52 Å². The van der Waals surface area contributed by atoms with Crippen molar-refractivity contribution in [2.45, 2.75) is 25.4 Å². The van der Waals surface area contributed by atoms with E-state index in [1.165, 1.54) is 23.5 Å². The molecule has 2 heterocycles. The van der Waals surface area contributed by atoms with Crippen molar-refractivity contribution in [3.8, 4) is 0 Å². The molecule has 2 aromatic carbocycles. The molecule has 1 atom stereocenters. The molecule has 28 heavy (non-hydrogen) atoms. The van der Waals surface area contributed by atoms with E-state index in [-0.39, 0.29) is 5.82 Å². The number of thiazole rings is 1.